The van der Waals surface area contributed by atoms with E-state index in [1.54, 1.807) is 25.8 Å². The standard InChI is InChI=1S/C11H21ClN2O3S/c1-11(2)10(15)13(3)7-8-14(11)18(16,17)9-5-4-6-12/h4-9H2,1-3H3. The summed E-state index contributed by atoms with van der Waals surface area (Å²) in [4.78, 5) is 13.6. The van der Waals surface area contributed by atoms with E-state index < -0.39 is 15.6 Å². The Bertz CT molecular complexity index is 409. The summed E-state index contributed by atoms with van der Waals surface area (Å²) in [5.74, 6) is 0.357. The zero-order valence-corrected chi connectivity index (χ0v) is 12.7. The van der Waals surface area contributed by atoms with Gasteiger partial charge in [-0.25, -0.2) is 8.42 Å². The van der Waals surface area contributed by atoms with Crippen LogP contribution in [0.4, 0.5) is 0 Å². The zero-order chi connectivity index (χ0) is 14.0. The van der Waals surface area contributed by atoms with Gasteiger partial charge in [0, 0.05) is 26.0 Å². The van der Waals surface area contributed by atoms with Gasteiger partial charge < -0.3 is 4.90 Å². The summed E-state index contributed by atoms with van der Waals surface area (Å²) < 4.78 is 25.8. The number of amides is 1. The lowest BCUT2D eigenvalue weighted by molar-refractivity contribution is -0.142. The maximum Gasteiger partial charge on any atom is 0.243 e. The zero-order valence-electron chi connectivity index (χ0n) is 11.1. The molecule has 1 rings (SSSR count). The number of hydrogen-bond donors (Lipinski definition) is 0. The van der Waals surface area contributed by atoms with Crippen LogP contribution in [0.2, 0.25) is 0 Å². The molecule has 0 saturated carbocycles. The number of likely N-dealkylation sites (N-methyl/N-ethyl adjacent to an activating group) is 1. The summed E-state index contributed by atoms with van der Waals surface area (Å²) in [5, 5.41) is 0. The van der Waals surface area contributed by atoms with Crippen molar-refractivity contribution in [3.8, 4) is 0 Å². The fourth-order valence-electron chi connectivity index (χ4n) is 2.17. The SMILES string of the molecule is CN1CCN(S(=O)(=O)CCCCCl)C(C)(C)C1=O. The highest BCUT2D eigenvalue weighted by molar-refractivity contribution is 7.89. The van der Waals surface area contributed by atoms with E-state index in [2.05, 4.69) is 0 Å². The highest BCUT2D eigenvalue weighted by Gasteiger charge is 2.45. The molecule has 0 unspecified atom stereocenters. The highest BCUT2D eigenvalue weighted by atomic mass is 35.5. The van der Waals surface area contributed by atoms with Gasteiger partial charge in [-0.2, -0.15) is 4.31 Å². The van der Waals surface area contributed by atoms with Crippen molar-refractivity contribution in [2.75, 3.05) is 31.8 Å². The van der Waals surface area contributed by atoms with E-state index in [4.69, 9.17) is 11.6 Å². The Morgan fingerprint density at radius 2 is 1.89 bits per heavy atom. The van der Waals surface area contributed by atoms with Gasteiger partial charge in [0.05, 0.1) is 5.75 Å². The van der Waals surface area contributed by atoms with Gasteiger partial charge in [0.25, 0.3) is 0 Å². The van der Waals surface area contributed by atoms with E-state index in [1.807, 2.05) is 0 Å². The Kier molecular flexibility index (Phi) is 5.03. The summed E-state index contributed by atoms with van der Waals surface area (Å²) in [6.07, 6.45) is 1.20. The molecule has 0 aromatic carbocycles. The molecule has 0 N–H and O–H groups in total. The van der Waals surface area contributed by atoms with E-state index in [-0.39, 0.29) is 11.7 Å². The molecule has 106 valence electrons. The van der Waals surface area contributed by atoms with Crippen LogP contribution in [0.25, 0.3) is 0 Å². The molecular formula is C11H21ClN2O3S. The summed E-state index contributed by atoms with van der Waals surface area (Å²) in [7, 11) is -1.70. The molecule has 0 aromatic rings. The van der Waals surface area contributed by atoms with Gasteiger partial charge in [-0.1, -0.05) is 0 Å². The predicted molar refractivity (Wildman–Crippen MR) is 72.2 cm³/mol. The third-order valence-electron chi connectivity index (χ3n) is 3.25. The first-order valence-corrected chi connectivity index (χ1v) is 8.20. The average molecular weight is 297 g/mol. The fourth-order valence-corrected chi connectivity index (χ4v) is 4.28. The number of unbranched alkanes of at least 4 members (excludes halogenated alkanes) is 1. The molecule has 0 aliphatic carbocycles. The van der Waals surface area contributed by atoms with Crippen molar-refractivity contribution in [3.63, 3.8) is 0 Å². The van der Waals surface area contributed by atoms with Gasteiger partial charge in [0.15, 0.2) is 0 Å². The van der Waals surface area contributed by atoms with E-state index in [0.29, 0.717) is 31.8 Å². The maximum absolute atomic E-state index is 12.2. The van der Waals surface area contributed by atoms with E-state index in [9.17, 15) is 13.2 Å². The van der Waals surface area contributed by atoms with E-state index in [1.165, 1.54) is 4.31 Å². The fraction of sp³-hybridized carbons (Fsp3) is 0.909. The minimum Gasteiger partial charge on any atom is -0.343 e. The number of carbonyl (C=O) groups excluding carboxylic acids is 1. The van der Waals surface area contributed by atoms with Gasteiger partial charge in [0.1, 0.15) is 5.54 Å². The normalized spacial score (nSPS) is 21.3. The summed E-state index contributed by atoms with van der Waals surface area (Å²) >= 11 is 5.55. The Hall–Kier alpha value is -0.330. The number of hydrogen-bond acceptors (Lipinski definition) is 3. The summed E-state index contributed by atoms with van der Waals surface area (Å²) in [5.41, 5.74) is -0.993. The van der Waals surface area contributed by atoms with Crippen LogP contribution in [-0.4, -0.2) is 60.8 Å². The molecule has 1 aliphatic rings. The van der Waals surface area contributed by atoms with Crippen LogP contribution in [0.5, 0.6) is 0 Å². The minimum absolute atomic E-state index is 0.0557. The largest absolute Gasteiger partial charge is 0.343 e. The molecule has 0 spiro atoms. The number of piperazine rings is 1. The lowest BCUT2D eigenvalue weighted by Crippen LogP contribution is -2.63. The number of alkyl halides is 1. The average Bonchev–Trinajstić information content (AvgIpc) is 2.25. The predicted octanol–water partition coefficient (Wildman–Crippen LogP) is 0.888. The molecule has 0 aromatic heterocycles. The molecule has 0 radical (unpaired) electrons. The van der Waals surface area contributed by atoms with Crippen LogP contribution < -0.4 is 0 Å². The molecule has 0 bridgehead atoms. The van der Waals surface area contributed by atoms with Gasteiger partial charge in [-0.05, 0) is 26.7 Å². The van der Waals surface area contributed by atoms with Crippen molar-refractivity contribution in [1.82, 2.24) is 9.21 Å². The second kappa shape index (κ2) is 5.75. The van der Waals surface area contributed by atoms with Crippen molar-refractivity contribution in [3.05, 3.63) is 0 Å². The van der Waals surface area contributed by atoms with Gasteiger partial charge >= 0.3 is 0 Å². The molecule has 1 aliphatic heterocycles. The van der Waals surface area contributed by atoms with Gasteiger partial charge in [-0.15, -0.1) is 11.6 Å². The Morgan fingerprint density at radius 1 is 1.28 bits per heavy atom. The minimum atomic E-state index is -3.39. The van der Waals surface area contributed by atoms with E-state index in [0.717, 1.165) is 0 Å². The first kappa shape index (κ1) is 15.7. The number of carbonyl (C=O) groups is 1. The Labute approximate surface area is 114 Å². The summed E-state index contributed by atoms with van der Waals surface area (Å²) in [6.45, 7) is 4.11. The first-order chi connectivity index (χ1) is 8.23. The lowest BCUT2D eigenvalue weighted by Gasteiger charge is -2.43. The number of halogens is 1. The number of nitrogens with zero attached hydrogens (tertiary/aromatic N) is 2. The smallest absolute Gasteiger partial charge is 0.243 e. The van der Waals surface area contributed by atoms with Crippen molar-refractivity contribution in [2.24, 2.45) is 0 Å². The van der Waals surface area contributed by atoms with Crippen LogP contribution in [0.1, 0.15) is 26.7 Å². The number of rotatable bonds is 5. The Morgan fingerprint density at radius 3 is 2.44 bits per heavy atom. The third kappa shape index (κ3) is 3.16. The second-order valence-corrected chi connectivity index (χ2v) is 7.46. The Balaban J connectivity index is 2.85. The molecule has 18 heavy (non-hydrogen) atoms. The molecule has 0 atom stereocenters. The monoisotopic (exact) mass is 296 g/mol. The van der Waals surface area contributed by atoms with Crippen LogP contribution >= 0.6 is 11.6 Å². The molecule has 1 amide bonds. The quantitative estimate of drug-likeness (QED) is 0.559. The van der Waals surface area contributed by atoms with Crippen molar-refractivity contribution >= 4 is 27.5 Å². The van der Waals surface area contributed by atoms with Crippen LogP contribution in [-0.2, 0) is 14.8 Å². The van der Waals surface area contributed by atoms with Gasteiger partial charge in [-0.3, -0.25) is 4.79 Å². The molecule has 5 nitrogen and oxygen atoms in total. The van der Waals surface area contributed by atoms with Crippen molar-refractivity contribution in [2.45, 2.75) is 32.2 Å². The molecule has 1 saturated heterocycles. The third-order valence-corrected chi connectivity index (χ3v) is 5.64. The molecule has 1 fully saturated rings. The van der Waals surface area contributed by atoms with Gasteiger partial charge in [0.2, 0.25) is 15.9 Å². The van der Waals surface area contributed by atoms with E-state index >= 15 is 0 Å². The number of sulfonamides is 1. The van der Waals surface area contributed by atoms with Crippen LogP contribution in [0.15, 0.2) is 0 Å². The van der Waals surface area contributed by atoms with Crippen LogP contribution in [0, 0.1) is 0 Å². The van der Waals surface area contributed by atoms with Crippen molar-refractivity contribution in [1.29, 1.82) is 0 Å². The molecule has 7 heteroatoms. The first-order valence-electron chi connectivity index (χ1n) is 6.05. The second-order valence-electron chi connectivity index (χ2n) is 5.07. The molecule has 1 heterocycles. The van der Waals surface area contributed by atoms with Crippen molar-refractivity contribution < 1.29 is 13.2 Å². The topological polar surface area (TPSA) is 57.7 Å². The van der Waals surface area contributed by atoms with Crippen LogP contribution in [0.3, 0.4) is 0 Å². The highest BCUT2D eigenvalue weighted by Crippen LogP contribution is 2.25. The maximum atomic E-state index is 12.2. The summed E-state index contributed by atoms with van der Waals surface area (Å²) in [6, 6.07) is 0. The lowest BCUT2D eigenvalue weighted by atomic mass is 10.0. The molecular weight excluding hydrogens is 276 g/mol.